The van der Waals surface area contributed by atoms with Crippen LogP contribution in [0.1, 0.15) is 26.5 Å². The van der Waals surface area contributed by atoms with Crippen LogP contribution in [0.3, 0.4) is 0 Å². The quantitative estimate of drug-likeness (QED) is 0.0401. The van der Waals surface area contributed by atoms with Crippen molar-refractivity contribution in [1.82, 2.24) is 20.2 Å². The molecule has 2 aromatic rings. The number of nitrogens with two attached hydrogens (primary N) is 3. The topological polar surface area (TPSA) is 293 Å². The van der Waals surface area contributed by atoms with E-state index in [2.05, 4.69) is 20.4 Å². The summed E-state index contributed by atoms with van der Waals surface area (Å²) in [5.41, 5.74) is 15.7. The number of aromatic nitrogens is 3. The molecule has 4 rings (SSSR count). The lowest BCUT2D eigenvalue weighted by atomic mass is 10.0. The first-order valence-corrected chi connectivity index (χ1v) is 16.4. The number of β-lactam (4-membered cyclic amide) rings is 1. The Kier molecular flexibility index (Phi) is 11.9. The highest BCUT2D eigenvalue weighted by Gasteiger charge is 2.54. The largest absolute Gasteiger partial charge is 0.542 e. The van der Waals surface area contributed by atoms with Gasteiger partial charge in [0, 0.05) is 16.9 Å². The van der Waals surface area contributed by atoms with E-state index in [0.29, 0.717) is 23.1 Å². The van der Waals surface area contributed by atoms with Gasteiger partial charge in [-0.1, -0.05) is 10.1 Å². The lowest BCUT2D eigenvalue weighted by Gasteiger charge is -2.49. The molecule has 0 saturated carbocycles. The van der Waals surface area contributed by atoms with Crippen LogP contribution in [0.25, 0.3) is 0 Å². The summed E-state index contributed by atoms with van der Waals surface area (Å²) in [6.45, 7) is 4.88. The van der Waals surface area contributed by atoms with E-state index < -0.39 is 58.6 Å². The molecule has 24 heteroatoms. The smallest absolute Gasteiger partial charge is 0.430 e. The molecule has 4 heterocycles. The maximum absolute atomic E-state index is 13.2. The molecule has 2 aliphatic heterocycles. The number of thioether (sulfide) groups is 2. The van der Waals surface area contributed by atoms with E-state index >= 15 is 0 Å². The predicted molar refractivity (Wildman–Crippen MR) is 166 cm³/mol. The molecule has 2 unspecified atom stereocenters. The second kappa shape index (κ2) is 15.1. The maximum atomic E-state index is 13.2. The zero-order valence-corrected chi connectivity index (χ0v) is 28.0. The molecule has 2 aromatic heterocycles. The third-order valence-electron chi connectivity index (χ3n) is 6.38. The number of carbonyl (C=O) groups is 5. The van der Waals surface area contributed by atoms with Crippen LogP contribution in [0.4, 0.5) is 29.9 Å². The minimum atomic E-state index is -5.19. The number of hydrogen-bond acceptors (Lipinski definition) is 16. The number of hydrogen-bond donors (Lipinski definition) is 6. The van der Waals surface area contributed by atoms with Gasteiger partial charge in [-0.2, -0.15) is 13.2 Å². The summed E-state index contributed by atoms with van der Waals surface area (Å²) in [6, 6.07) is 0.444. The molecular weight excluding hydrogens is 724 g/mol. The molecular formula is C25H28F3N9O9S3. The molecule has 9 N–H and O–H groups in total. The molecule has 266 valence electrons. The van der Waals surface area contributed by atoms with Gasteiger partial charge in [-0.15, -0.1) is 23.1 Å². The lowest BCUT2D eigenvalue weighted by molar-refractivity contribution is -0.719. The first-order valence-electron chi connectivity index (χ1n) is 13.5. The van der Waals surface area contributed by atoms with Gasteiger partial charge in [0.2, 0.25) is 17.2 Å². The van der Waals surface area contributed by atoms with Crippen molar-refractivity contribution in [2.45, 2.75) is 55.7 Å². The molecule has 2 aliphatic rings. The molecule has 49 heavy (non-hydrogen) atoms. The molecule has 1 fully saturated rings. The highest BCUT2D eigenvalue weighted by Crippen LogP contribution is 2.41. The molecule has 2 amide bonds. The summed E-state index contributed by atoms with van der Waals surface area (Å²) < 4.78 is 33.3. The maximum Gasteiger partial charge on any atom is 0.430 e. The van der Waals surface area contributed by atoms with E-state index in [0.717, 1.165) is 16.2 Å². The SMILES string of the molecule is CC[n+]1c(N)cc(N)nc1SCC1=C(C(=O)O)N2C(=O)C(NC(=O)/C(=N\OC(C)(C)C(=O)O)c3csc(N)n3)C2SC1.O=C([O-])C(F)(F)F. The predicted octanol–water partition coefficient (Wildman–Crippen LogP) is -0.994. The van der Waals surface area contributed by atoms with Gasteiger partial charge < -0.3 is 47.5 Å². The van der Waals surface area contributed by atoms with E-state index in [-0.39, 0.29) is 33.8 Å². The summed E-state index contributed by atoms with van der Waals surface area (Å²) in [5.74, 6) is -6.04. The Balaban J connectivity index is 0.000000838. The number of amides is 2. The van der Waals surface area contributed by atoms with Crippen molar-refractivity contribution in [3.05, 3.63) is 28.4 Å². The number of nitrogens with zero attached hydrogens (tertiary/aromatic N) is 5. The van der Waals surface area contributed by atoms with Crippen molar-refractivity contribution >= 4 is 87.1 Å². The third kappa shape index (κ3) is 9.00. The number of halogens is 3. The number of rotatable bonds is 11. The fourth-order valence-corrected chi connectivity index (χ4v) is 7.05. The minimum Gasteiger partial charge on any atom is -0.542 e. The number of alkyl halides is 3. The van der Waals surface area contributed by atoms with Crippen molar-refractivity contribution in [2.24, 2.45) is 5.16 Å². The number of thiazole rings is 1. The Morgan fingerprint density at radius 2 is 1.86 bits per heavy atom. The van der Waals surface area contributed by atoms with Gasteiger partial charge in [-0.25, -0.2) is 19.1 Å². The molecule has 0 aliphatic carbocycles. The van der Waals surface area contributed by atoms with Crippen molar-refractivity contribution in [1.29, 1.82) is 0 Å². The first-order chi connectivity index (χ1) is 22.7. The summed E-state index contributed by atoms with van der Waals surface area (Å²) in [5, 5.41) is 35.7. The number of carbonyl (C=O) groups excluding carboxylic acids is 3. The average Bonchev–Trinajstić information content (AvgIpc) is 3.43. The standard InChI is InChI=1S/C23H27N9O7S3.C2HF3O2/c1-4-31-12(25)5-11(24)28-22(31)42-7-9-6-40-18-14(17(34)32(18)15(9)19(35)36)29-16(33)13(10-8-41-21(26)27-10)30-39-23(2,3)20(37)38;3-2(4,5)1(6)7/h5,8,14,18H,4,6-7H2,1-3H3,(H8,24,25,26,27,29,33,35,36,37,38);(H,6,7)/b30-13-;. The molecule has 2 atom stereocenters. The molecule has 0 bridgehead atoms. The Labute approximate surface area is 286 Å². The molecule has 18 nitrogen and oxygen atoms in total. The van der Waals surface area contributed by atoms with Crippen LogP contribution >= 0.6 is 34.9 Å². The number of oxime groups is 1. The average molecular weight is 752 g/mol. The van der Waals surface area contributed by atoms with Crippen molar-refractivity contribution in [3.63, 3.8) is 0 Å². The molecule has 0 spiro atoms. The Morgan fingerprint density at radius 3 is 2.37 bits per heavy atom. The van der Waals surface area contributed by atoms with Crippen LogP contribution in [0.15, 0.2) is 33.0 Å². The highest BCUT2D eigenvalue weighted by atomic mass is 32.2. The number of nitrogens with one attached hydrogen (secondary N) is 1. The summed E-state index contributed by atoms with van der Waals surface area (Å²) in [7, 11) is 0. The summed E-state index contributed by atoms with van der Waals surface area (Å²) in [6.07, 6.45) is -5.19. The lowest BCUT2D eigenvalue weighted by Crippen LogP contribution is -2.71. The third-order valence-corrected chi connectivity index (χ3v) is 9.46. The van der Waals surface area contributed by atoms with Gasteiger partial charge in [0.25, 0.3) is 11.8 Å². The van der Waals surface area contributed by atoms with Gasteiger partial charge in [-0.3, -0.25) is 14.5 Å². The van der Waals surface area contributed by atoms with Gasteiger partial charge in [0.15, 0.2) is 10.8 Å². The van der Waals surface area contributed by atoms with Crippen molar-refractivity contribution in [2.75, 3.05) is 28.7 Å². The number of aliphatic carboxylic acids is 3. The summed E-state index contributed by atoms with van der Waals surface area (Å²) >= 11 is 3.54. The minimum absolute atomic E-state index is 0.0154. The van der Waals surface area contributed by atoms with Gasteiger partial charge in [-0.05, 0) is 38.1 Å². The summed E-state index contributed by atoms with van der Waals surface area (Å²) in [4.78, 5) is 73.5. The van der Waals surface area contributed by atoms with E-state index in [1.807, 2.05) is 6.92 Å². The fraction of sp³-hybridized carbons (Fsp3) is 0.400. The molecule has 0 aromatic carbocycles. The van der Waals surface area contributed by atoms with Crippen LogP contribution in [-0.2, 0) is 35.4 Å². The van der Waals surface area contributed by atoms with E-state index in [9.17, 15) is 42.6 Å². The number of carboxylic acid groups (broad SMARTS) is 3. The normalized spacial score (nSPS) is 17.7. The second-order valence-electron chi connectivity index (χ2n) is 10.2. The highest BCUT2D eigenvalue weighted by molar-refractivity contribution is 8.01. The van der Waals surface area contributed by atoms with Crippen LogP contribution in [-0.4, -0.2) is 95.2 Å². The van der Waals surface area contributed by atoms with Crippen molar-refractivity contribution in [3.8, 4) is 0 Å². The Bertz CT molecular complexity index is 1730. The Morgan fingerprint density at radius 1 is 1.22 bits per heavy atom. The zero-order chi connectivity index (χ0) is 37.0. The number of nitrogen functional groups attached to an aromatic ring is 3. The van der Waals surface area contributed by atoms with E-state index in [1.165, 1.54) is 48.8 Å². The van der Waals surface area contributed by atoms with Crippen LogP contribution in [0, 0.1) is 0 Å². The van der Waals surface area contributed by atoms with Crippen LogP contribution in [0.2, 0.25) is 0 Å². The van der Waals surface area contributed by atoms with Crippen molar-refractivity contribution < 1.29 is 61.9 Å². The second-order valence-corrected chi connectivity index (χ2v) is 13.2. The van der Waals surface area contributed by atoms with Gasteiger partial charge in [0.05, 0.1) is 12.6 Å². The van der Waals surface area contributed by atoms with E-state index in [1.54, 1.807) is 4.57 Å². The number of carboxylic acids is 3. The fourth-order valence-electron chi connectivity index (χ4n) is 3.93. The molecule has 0 radical (unpaired) electrons. The molecule has 1 saturated heterocycles. The number of anilines is 3. The Hall–Kier alpha value is -4.84. The zero-order valence-electron chi connectivity index (χ0n) is 25.5. The van der Waals surface area contributed by atoms with Gasteiger partial charge >= 0.3 is 23.3 Å². The number of fused-ring (bicyclic) bond motifs is 1. The first kappa shape index (κ1) is 38.6. The van der Waals surface area contributed by atoms with Gasteiger partial charge in [0.1, 0.15) is 28.8 Å². The van der Waals surface area contributed by atoms with Crippen LogP contribution < -0.4 is 32.2 Å². The van der Waals surface area contributed by atoms with Crippen LogP contribution in [0.5, 0.6) is 0 Å². The monoisotopic (exact) mass is 751 g/mol. The van der Waals surface area contributed by atoms with E-state index in [4.69, 9.17) is 31.9 Å².